The smallest absolute Gasteiger partial charge is 0.292 e. The maximum absolute atomic E-state index is 13.3. The number of benzene rings is 3. The molecule has 3 aromatic rings. The van der Waals surface area contributed by atoms with Crippen molar-refractivity contribution >= 4 is 38.7 Å². The molecule has 4 N–H and O–H groups in total. The van der Waals surface area contributed by atoms with E-state index in [4.69, 9.17) is 5.73 Å². The number of nitrogen functional groups attached to an aromatic ring is 1. The number of carbonyl (C=O) groups is 1. The highest BCUT2D eigenvalue weighted by atomic mass is 32.2. The molecule has 0 atom stereocenters. The summed E-state index contributed by atoms with van der Waals surface area (Å²) in [4.78, 5) is 22.1. The summed E-state index contributed by atoms with van der Waals surface area (Å²) in [5, 5.41) is 13.5. The van der Waals surface area contributed by atoms with Crippen LogP contribution in [0.15, 0.2) is 65.6 Å². The van der Waals surface area contributed by atoms with Gasteiger partial charge in [-0.1, -0.05) is 0 Å². The predicted molar refractivity (Wildman–Crippen MR) is 109 cm³/mol. The van der Waals surface area contributed by atoms with Crippen LogP contribution < -0.4 is 15.8 Å². The highest BCUT2D eigenvalue weighted by Gasteiger charge is 2.18. The molecule has 31 heavy (non-hydrogen) atoms. The highest BCUT2D eigenvalue weighted by Crippen LogP contribution is 2.24. The molecule has 0 aliphatic rings. The fourth-order valence-corrected chi connectivity index (χ4v) is 3.60. The molecule has 3 rings (SSSR count). The van der Waals surface area contributed by atoms with Gasteiger partial charge in [-0.2, -0.15) is 0 Å². The van der Waals surface area contributed by atoms with Gasteiger partial charge in [-0.15, -0.1) is 0 Å². The zero-order valence-corrected chi connectivity index (χ0v) is 16.3. The van der Waals surface area contributed by atoms with E-state index in [1.807, 2.05) is 0 Å². The summed E-state index contributed by atoms with van der Waals surface area (Å²) < 4.78 is 53.1. The quantitative estimate of drug-likeness (QED) is 0.299. The third-order valence-electron chi connectivity index (χ3n) is 4.09. The number of sulfonamides is 1. The Morgan fingerprint density at radius 2 is 1.58 bits per heavy atom. The molecule has 0 saturated carbocycles. The maximum Gasteiger partial charge on any atom is 0.292 e. The third kappa shape index (κ3) is 4.93. The predicted octanol–water partition coefficient (Wildman–Crippen LogP) is 3.51. The van der Waals surface area contributed by atoms with Crippen LogP contribution in [-0.4, -0.2) is 19.2 Å². The van der Waals surface area contributed by atoms with Gasteiger partial charge in [0.15, 0.2) is 11.6 Å². The van der Waals surface area contributed by atoms with E-state index >= 15 is 0 Å². The SMILES string of the molecule is Nc1ccc(C(=O)Nc2ccc(NS(=O)(=O)c3ccc(F)c(F)c3)cc2)cc1[N+](=O)[O-]. The molecule has 0 spiro atoms. The number of nitrogens with one attached hydrogen (secondary N) is 2. The van der Waals surface area contributed by atoms with Crippen molar-refractivity contribution in [3.8, 4) is 0 Å². The molecule has 0 aliphatic heterocycles. The van der Waals surface area contributed by atoms with Gasteiger partial charge in [0.1, 0.15) is 5.69 Å². The van der Waals surface area contributed by atoms with Crippen molar-refractivity contribution in [2.75, 3.05) is 15.8 Å². The molecule has 0 aromatic heterocycles. The first kappa shape index (κ1) is 21.6. The number of amides is 1. The fraction of sp³-hybridized carbons (Fsp3) is 0. The molecule has 0 fully saturated rings. The van der Waals surface area contributed by atoms with Gasteiger partial charge < -0.3 is 11.1 Å². The fourth-order valence-electron chi connectivity index (χ4n) is 2.53. The Labute approximate surface area is 174 Å². The highest BCUT2D eigenvalue weighted by molar-refractivity contribution is 7.92. The van der Waals surface area contributed by atoms with E-state index < -0.39 is 43.1 Å². The van der Waals surface area contributed by atoms with Crippen LogP contribution in [0.4, 0.5) is 31.5 Å². The minimum Gasteiger partial charge on any atom is -0.393 e. The first-order valence-corrected chi connectivity index (χ1v) is 9.98. The van der Waals surface area contributed by atoms with Gasteiger partial charge in [-0.05, 0) is 54.6 Å². The molecular formula is C19H14F2N4O5S. The molecule has 0 radical (unpaired) electrons. The molecule has 0 aliphatic carbocycles. The number of hydrogen-bond acceptors (Lipinski definition) is 6. The van der Waals surface area contributed by atoms with E-state index in [-0.39, 0.29) is 22.6 Å². The number of anilines is 3. The van der Waals surface area contributed by atoms with E-state index in [1.54, 1.807) is 0 Å². The van der Waals surface area contributed by atoms with Crippen molar-refractivity contribution in [1.82, 2.24) is 0 Å². The van der Waals surface area contributed by atoms with Crippen molar-refractivity contribution in [1.29, 1.82) is 0 Å². The monoisotopic (exact) mass is 448 g/mol. The zero-order valence-electron chi connectivity index (χ0n) is 15.5. The Hall–Kier alpha value is -4.06. The van der Waals surface area contributed by atoms with Gasteiger partial charge in [0.2, 0.25) is 0 Å². The number of carbonyl (C=O) groups excluding carboxylic acids is 1. The zero-order chi connectivity index (χ0) is 22.8. The minimum atomic E-state index is -4.17. The molecule has 160 valence electrons. The Bertz CT molecular complexity index is 1280. The van der Waals surface area contributed by atoms with Crippen LogP contribution in [0.25, 0.3) is 0 Å². The van der Waals surface area contributed by atoms with Crippen LogP contribution in [0.1, 0.15) is 10.4 Å². The number of rotatable bonds is 6. The molecule has 1 amide bonds. The molecule has 0 unspecified atom stereocenters. The van der Waals surface area contributed by atoms with Gasteiger partial charge in [0.05, 0.1) is 9.82 Å². The minimum absolute atomic E-state index is 0.00372. The van der Waals surface area contributed by atoms with Crippen molar-refractivity contribution in [3.63, 3.8) is 0 Å². The van der Waals surface area contributed by atoms with Crippen LogP contribution >= 0.6 is 0 Å². The van der Waals surface area contributed by atoms with Crippen molar-refractivity contribution in [2.24, 2.45) is 0 Å². The van der Waals surface area contributed by atoms with E-state index in [0.717, 1.165) is 12.1 Å². The van der Waals surface area contributed by atoms with Gasteiger partial charge >= 0.3 is 0 Å². The maximum atomic E-state index is 13.3. The first-order valence-electron chi connectivity index (χ1n) is 8.50. The van der Waals surface area contributed by atoms with Crippen molar-refractivity contribution < 1.29 is 26.9 Å². The average molecular weight is 448 g/mol. The Morgan fingerprint density at radius 1 is 0.935 bits per heavy atom. The molecule has 3 aromatic carbocycles. The molecule has 0 heterocycles. The molecule has 0 saturated heterocycles. The topological polar surface area (TPSA) is 144 Å². The molecular weight excluding hydrogens is 434 g/mol. The van der Waals surface area contributed by atoms with Crippen LogP contribution in [-0.2, 0) is 10.0 Å². The second-order valence-corrected chi connectivity index (χ2v) is 7.93. The van der Waals surface area contributed by atoms with Crippen LogP contribution in [0.5, 0.6) is 0 Å². The van der Waals surface area contributed by atoms with Gasteiger partial charge in [0, 0.05) is 23.0 Å². The van der Waals surface area contributed by atoms with Gasteiger partial charge in [0.25, 0.3) is 21.6 Å². The summed E-state index contributed by atoms with van der Waals surface area (Å²) in [7, 11) is -4.17. The number of halogens is 2. The summed E-state index contributed by atoms with van der Waals surface area (Å²) in [6.45, 7) is 0. The van der Waals surface area contributed by atoms with Gasteiger partial charge in [-0.3, -0.25) is 19.6 Å². The lowest BCUT2D eigenvalue weighted by Crippen LogP contribution is -2.14. The first-order chi connectivity index (χ1) is 14.6. The van der Waals surface area contributed by atoms with Crippen molar-refractivity contribution in [2.45, 2.75) is 4.90 Å². The van der Waals surface area contributed by atoms with Crippen molar-refractivity contribution in [3.05, 3.63) is 88.0 Å². The third-order valence-corrected chi connectivity index (χ3v) is 5.46. The van der Waals surface area contributed by atoms with Crippen LogP contribution in [0, 0.1) is 21.7 Å². The Morgan fingerprint density at radius 3 is 2.19 bits per heavy atom. The lowest BCUT2D eigenvalue weighted by atomic mass is 10.1. The largest absolute Gasteiger partial charge is 0.393 e. The van der Waals surface area contributed by atoms with E-state index in [1.165, 1.54) is 36.4 Å². The summed E-state index contributed by atoms with van der Waals surface area (Å²) >= 11 is 0. The summed E-state index contributed by atoms with van der Waals surface area (Å²) in [6, 6.07) is 11.2. The lowest BCUT2D eigenvalue weighted by Gasteiger charge is -2.10. The second-order valence-electron chi connectivity index (χ2n) is 6.24. The molecule has 12 heteroatoms. The molecule has 0 bridgehead atoms. The number of nitrogens with two attached hydrogens (primary N) is 1. The second kappa shape index (κ2) is 8.36. The number of nitro groups is 1. The van der Waals surface area contributed by atoms with Gasteiger partial charge in [-0.25, -0.2) is 17.2 Å². The summed E-state index contributed by atoms with van der Waals surface area (Å²) in [5.41, 5.74) is 5.39. The van der Waals surface area contributed by atoms with E-state index in [0.29, 0.717) is 12.1 Å². The van der Waals surface area contributed by atoms with E-state index in [2.05, 4.69) is 10.0 Å². The average Bonchev–Trinajstić information content (AvgIpc) is 2.71. The Kier molecular flexibility index (Phi) is 5.83. The Balaban J connectivity index is 1.73. The number of hydrogen-bond donors (Lipinski definition) is 3. The summed E-state index contributed by atoms with van der Waals surface area (Å²) in [6.07, 6.45) is 0. The van der Waals surface area contributed by atoms with Crippen LogP contribution in [0.2, 0.25) is 0 Å². The lowest BCUT2D eigenvalue weighted by molar-refractivity contribution is -0.383. The molecule has 9 nitrogen and oxygen atoms in total. The number of nitrogens with zero attached hydrogens (tertiary/aromatic N) is 1. The standard InChI is InChI=1S/C19H14F2N4O5S/c20-15-7-6-14(10-16(15)21)31(29,30)24-13-4-2-12(3-5-13)23-19(26)11-1-8-17(22)18(9-11)25(27)28/h1-10,24H,22H2,(H,23,26). The van der Waals surface area contributed by atoms with E-state index in [9.17, 15) is 32.1 Å². The normalized spacial score (nSPS) is 11.0. The number of nitro benzene ring substituents is 1. The van der Waals surface area contributed by atoms with Crippen LogP contribution in [0.3, 0.4) is 0 Å². The summed E-state index contributed by atoms with van der Waals surface area (Å²) in [5.74, 6) is -3.12.